The van der Waals surface area contributed by atoms with E-state index in [-0.39, 0.29) is 0 Å². The summed E-state index contributed by atoms with van der Waals surface area (Å²) in [5.41, 5.74) is 6.43. The smallest absolute Gasteiger partial charge is 0.0254 e. The first-order valence-corrected chi connectivity index (χ1v) is 7.70. The summed E-state index contributed by atoms with van der Waals surface area (Å²) < 4.78 is 0. The number of likely N-dealkylation sites (N-methyl/N-ethyl adjacent to an activating group) is 1. The van der Waals surface area contributed by atoms with Gasteiger partial charge in [0.15, 0.2) is 0 Å². The van der Waals surface area contributed by atoms with Gasteiger partial charge >= 0.3 is 0 Å². The van der Waals surface area contributed by atoms with Crippen molar-refractivity contribution >= 4 is 0 Å². The molecule has 0 aromatic carbocycles. The van der Waals surface area contributed by atoms with Crippen molar-refractivity contribution in [2.45, 2.75) is 38.3 Å². The minimum Gasteiger partial charge on any atom is -0.327 e. The lowest BCUT2D eigenvalue weighted by Gasteiger charge is -2.32. The molecule has 0 aromatic rings. The van der Waals surface area contributed by atoms with E-state index in [9.17, 15) is 0 Å². The second-order valence-electron chi connectivity index (χ2n) is 7.30. The molecule has 3 heteroatoms. The van der Waals surface area contributed by atoms with Gasteiger partial charge in [0.1, 0.15) is 0 Å². The van der Waals surface area contributed by atoms with Gasteiger partial charge in [-0.25, -0.2) is 0 Å². The fraction of sp³-hybridized carbons (Fsp3) is 1.00. The van der Waals surface area contributed by atoms with Gasteiger partial charge in [-0.1, -0.05) is 6.92 Å². The first-order chi connectivity index (χ1) is 8.56. The lowest BCUT2D eigenvalue weighted by molar-refractivity contribution is 0.187. The lowest BCUT2D eigenvalue weighted by atomic mass is 9.84. The molecule has 0 amide bonds. The summed E-state index contributed by atoms with van der Waals surface area (Å²) in [4.78, 5) is 5.08. The van der Waals surface area contributed by atoms with Crippen LogP contribution < -0.4 is 5.73 Å². The van der Waals surface area contributed by atoms with Crippen molar-refractivity contribution in [1.82, 2.24) is 9.80 Å². The molecule has 3 rings (SSSR count). The summed E-state index contributed by atoms with van der Waals surface area (Å²) in [5, 5.41) is 0. The maximum Gasteiger partial charge on any atom is 0.0254 e. The molecule has 3 nitrogen and oxygen atoms in total. The second kappa shape index (κ2) is 4.77. The molecule has 18 heavy (non-hydrogen) atoms. The van der Waals surface area contributed by atoms with Crippen molar-refractivity contribution in [1.29, 1.82) is 0 Å². The molecule has 2 saturated carbocycles. The summed E-state index contributed by atoms with van der Waals surface area (Å²) in [6, 6.07) is 1.23. The Balaban J connectivity index is 1.58. The quantitative estimate of drug-likeness (QED) is 0.819. The molecule has 6 unspecified atom stereocenters. The molecule has 6 atom stereocenters. The number of hydrogen-bond donors (Lipinski definition) is 1. The molecule has 2 N–H and O–H groups in total. The average molecular weight is 251 g/mol. The van der Waals surface area contributed by atoms with Gasteiger partial charge < -0.3 is 15.5 Å². The summed E-state index contributed by atoms with van der Waals surface area (Å²) >= 11 is 0. The van der Waals surface area contributed by atoms with Crippen LogP contribution in [0.1, 0.15) is 26.2 Å². The largest absolute Gasteiger partial charge is 0.327 e. The number of rotatable bonds is 3. The normalized spacial score (nSPS) is 48.5. The Labute approximate surface area is 112 Å². The van der Waals surface area contributed by atoms with Gasteiger partial charge in [-0.15, -0.1) is 0 Å². The van der Waals surface area contributed by atoms with Crippen molar-refractivity contribution in [2.75, 3.05) is 33.7 Å². The molecule has 104 valence electrons. The fourth-order valence-corrected chi connectivity index (χ4v) is 4.89. The second-order valence-corrected chi connectivity index (χ2v) is 7.30. The van der Waals surface area contributed by atoms with E-state index in [0.717, 1.165) is 29.7 Å². The van der Waals surface area contributed by atoms with Gasteiger partial charge in [0.2, 0.25) is 0 Å². The maximum absolute atomic E-state index is 6.43. The number of fused-ring (bicyclic) bond motifs is 2. The van der Waals surface area contributed by atoms with Crippen LogP contribution in [0.2, 0.25) is 0 Å². The molecule has 2 aliphatic carbocycles. The van der Waals surface area contributed by atoms with Crippen LogP contribution in [0.5, 0.6) is 0 Å². The molecular weight excluding hydrogens is 222 g/mol. The average Bonchev–Trinajstić information content (AvgIpc) is 2.96. The highest BCUT2D eigenvalue weighted by Gasteiger charge is 2.46. The Kier molecular flexibility index (Phi) is 3.41. The van der Waals surface area contributed by atoms with Crippen molar-refractivity contribution in [3.05, 3.63) is 0 Å². The topological polar surface area (TPSA) is 32.5 Å². The van der Waals surface area contributed by atoms with E-state index >= 15 is 0 Å². The third-order valence-corrected chi connectivity index (χ3v) is 5.94. The first-order valence-electron chi connectivity index (χ1n) is 7.70. The van der Waals surface area contributed by atoms with Crippen LogP contribution >= 0.6 is 0 Å². The Morgan fingerprint density at radius 1 is 1.17 bits per heavy atom. The highest BCUT2D eigenvalue weighted by Crippen LogP contribution is 2.48. The van der Waals surface area contributed by atoms with Crippen molar-refractivity contribution in [3.8, 4) is 0 Å². The van der Waals surface area contributed by atoms with Gasteiger partial charge in [0, 0.05) is 31.7 Å². The zero-order chi connectivity index (χ0) is 12.9. The predicted molar refractivity (Wildman–Crippen MR) is 75.4 cm³/mol. The highest BCUT2D eigenvalue weighted by molar-refractivity contribution is 5.01. The summed E-state index contributed by atoms with van der Waals surface area (Å²) in [6.45, 7) is 6.17. The minimum atomic E-state index is 0.498. The van der Waals surface area contributed by atoms with Crippen LogP contribution in [0, 0.1) is 23.7 Å². The Morgan fingerprint density at radius 2 is 1.89 bits per heavy atom. The zero-order valence-electron chi connectivity index (χ0n) is 12.2. The van der Waals surface area contributed by atoms with Crippen LogP contribution in [-0.4, -0.2) is 55.6 Å². The van der Waals surface area contributed by atoms with Crippen LogP contribution in [0.3, 0.4) is 0 Å². The Morgan fingerprint density at radius 3 is 2.44 bits per heavy atom. The molecule has 1 heterocycles. The Hall–Kier alpha value is -0.120. The van der Waals surface area contributed by atoms with Gasteiger partial charge in [-0.2, -0.15) is 0 Å². The first kappa shape index (κ1) is 12.9. The van der Waals surface area contributed by atoms with Crippen molar-refractivity contribution in [3.63, 3.8) is 0 Å². The molecule has 0 radical (unpaired) electrons. The van der Waals surface area contributed by atoms with E-state index in [0.29, 0.717) is 6.04 Å². The molecule has 3 aliphatic rings. The number of likely N-dealkylation sites (tertiary alicyclic amines) is 1. The monoisotopic (exact) mass is 251 g/mol. The number of nitrogens with zero attached hydrogens (tertiary/aromatic N) is 2. The van der Waals surface area contributed by atoms with Gasteiger partial charge in [-0.05, 0) is 57.0 Å². The number of nitrogens with two attached hydrogens (primary N) is 1. The highest BCUT2D eigenvalue weighted by atomic mass is 15.2. The predicted octanol–water partition coefficient (Wildman–Crippen LogP) is 1.24. The fourth-order valence-electron chi connectivity index (χ4n) is 4.89. The van der Waals surface area contributed by atoms with Crippen LogP contribution in [0.4, 0.5) is 0 Å². The standard InChI is InChI=1S/C15H29N3/c1-10-7-18(9-14(10)17(2)3)8-13-11-4-5-12(6-11)15(13)16/h10-15H,4-9,16H2,1-3H3. The van der Waals surface area contributed by atoms with E-state index in [1.54, 1.807) is 0 Å². The van der Waals surface area contributed by atoms with E-state index in [1.807, 2.05) is 0 Å². The van der Waals surface area contributed by atoms with Gasteiger partial charge in [-0.3, -0.25) is 0 Å². The van der Waals surface area contributed by atoms with Crippen molar-refractivity contribution in [2.24, 2.45) is 29.4 Å². The van der Waals surface area contributed by atoms with E-state index in [4.69, 9.17) is 5.73 Å². The van der Waals surface area contributed by atoms with E-state index in [1.165, 1.54) is 38.9 Å². The van der Waals surface area contributed by atoms with E-state index < -0.39 is 0 Å². The summed E-state index contributed by atoms with van der Waals surface area (Å²) in [5.74, 6) is 3.38. The molecule has 3 fully saturated rings. The van der Waals surface area contributed by atoms with Gasteiger partial charge in [0.25, 0.3) is 0 Å². The zero-order valence-corrected chi connectivity index (χ0v) is 12.2. The SMILES string of the molecule is CC1CN(CC2C3CCC(C3)C2N)CC1N(C)C. The Bertz CT molecular complexity index is 302. The van der Waals surface area contributed by atoms with Gasteiger partial charge in [0.05, 0.1) is 0 Å². The minimum absolute atomic E-state index is 0.498. The lowest BCUT2D eigenvalue weighted by Crippen LogP contribution is -2.43. The third kappa shape index (κ3) is 2.10. The summed E-state index contributed by atoms with van der Waals surface area (Å²) in [6.07, 6.45) is 4.27. The number of hydrogen-bond acceptors (Lipinski definition) is 3. The van der Waals surface area contributed by atoms with Crippen molar-refractivity contribution < 1.29 is 0 Å². The maximum atomic E-state index is 6.43. The van der Waals surface area contributed by atoms with Crippen LogP contribution in [0.25, 0.3) is 0 Å². The van der Waals surface area contributed by atoms with Crippen LogP contribution in [0.15, 0.2) is 0 Å². The molecule has 2 bridgehead atoms. The summed E-state index contributed by atoms with van der Waals surface area (Å²) in [7, 11) is 4.43. The third-order valence-electron chi connectivity index (χ3n) is 5.94. The molecule has 0 aromatic heterocycles. The molecular formula is C15H29N3. The van der Waals surface area contributed by atoms with Crippen LogP contribution in [-0.2, 0) is 0 Å². The van der Waals surface area contributed by atoms with E-state index in [2.05, 4.69) is 30.8 Å². The molecule has 0 spiro atoms. The molecule has 1 saturated heterocycles. The molecule has 1 aliphatic heterocycles.